The molecule has 0 saturated carbocycles. The maximum atomic E-state index is 11.8. The van der Waals surface area contributed by atoms with E-state index in [4.69, 9.17) is 23.7 Å². The number of esters is 4. The highest BCUT2D eigenvalue weighted by atomic mass is 32.2. The van der Waals surface area contributed by atoms with Crippen molar-refractivity contribution >= 4 is 35.6 Å². The van der Waals surface area contributed by atoms with Gasteiger partial charge in [0, 0.05) is 27.7 Å². The molecule has 196 valence electrons. The second kappa shape index (κ2) is 16.8. The topological polar surface area (TPSA) is 114 Å². The molecule has 0 amide bonds. The van der Waals surface area contributed by atoms with Gasteiger partial charge in [-0.1, -0.05) is 51.9 Å². The number of rotatable bonds is 15. The third-order valence-electron chi connectivity index (χ3n) is 5.23. The van der Waals surface area contributed by atoms with Crippen LogP contribution >= 0.6 is 11.8 Å². The van der Waals surface area contributed by atoms with Crippen molar-refractivity contribution in [2.45, 2.75) is 116 Å². The minimum atomic E-state index is -1.11. The lowest BCUT2D eigenvalue weighted by Gasteiger charge is -2.44. The Labute approximate surface area is 206 Å². The van der Waals surface area contributed by atoms with Gasteiger partial charge in [0.25, 0.3) is 0 Å². The standard InChI is InChI=1S/C24H40O9S/c1-6-7-8-9-10-11-12-13-14-34-24-23(32-19(5)28)22(31-18(4)27)21(30-17(3)26)20(33-24)15-29-16(2)25/h20-24H,6-15H2,1-5H3/t20-,21-,22+,23-,24+/m1/s1. The molecule has 0 radical (unpaired) electrons. The minimum Gasteiger partial charge on any atom is -0.463 e. The summed E-state index contributed by atoms with van der Waals surface area (Å²) in [4.78, 5) is 46.8. The van der Waals surface area contributed by atoms with Crippen LogP contribution in [0.15, 0.2) is 0 Å². The van der Waals surface area contributed by atoms with E-state index in [2.05, 4.69) is 6.92 Å². The predicted molar refractivity (Wildman–Crippen MR) is 127 cm³/mol. The van der Waals surface area contributed by atoms with Gasteiger partial charge in [-0.2, -0.15) is 0 Å². The summed E-state index contributed by atoms with van der Waals surface area (Å²) >= 11 is 1.44. The smallest absolute Gasteiger partial charge is 0.303 e. The molecule has 0 spiro atoms. The third-order valence-corrected chi connectivity index (χ3v) is 6.46. The third kappa shape index (κ3) is 12.1. The van der Waals surface area contributed by atoms with Crippen LogP contribution in [0, 0.1) is 0 Å². The van der Waals surface area contributed by atoms with Gasteiger partial charge in [-0.15, -0.1) is 11.8 Å². The molecule has 1 rings (SSSR count). The Morgan fingerprint density at radius 1 is 0.676 bits per heavy atom. The fourth-order valence-electron chi connectivity index (χ4n) is 3.76. The SMILES string of the molecule is CCCCCCCCCCS[C@@H]1O[C@H](COC(C)=O)[C@@H](OC(C)=O)[C@H](OC(C)=O)[C@H]1OC(C)=O. The molecule has 1 aliphatic heterocycles. The van der Waals surface area contributed by atoms with Crippen LogP contribution in [0.25, 0.3) is 0 Å². The summed E-state index contributed by atoms with van der Waals surface area (Å²) in [6.07, 6.45) is 5.34. The second-order valence-electron chi connectivity index (χ2n) is 8.41. The molecular formula is C24H40O9S. The first-order chi connectivity index (χ1) is 16.1. The minimum absolute atomic E-state index is 0.202. The number of carbonyl (C=O) groups excluding carboxylic acids is 4. The summed E-state index contributed by atoms with van der Waals surface area (Å²) in [5.41, 5.74) is -0.690. The molecule has 1 fully saturated rings. The predicted octanol–water partition coefficient (Wildman–Crippen LogP) is 3.94. The summed E-state index contributed by atoms with van der Waals surface area (Å²) in [6, 6.07) is 0. The van der Waals surface area contributed by atoms with Gasteiger partial charge in [0.1, 0.15) is 18.1 Å². The number of hydrogen-bond donors (Lipinski definition) is 0. The van der Waals surface area contributed by atoms with Crippen LogP contribution in [0.4, 0.5) is 0 Å². The zero-order chi connectivity index (χ0) is 25.5. The molecule has 10 heteroatoms. The zero-order valence-corrected chi connectivity index (χ0v) is 21.9. The van der Waals surface area contributed by atoms with E-state index in [-0.39, 0.29) is 6.61 Å². The summed E-state index contributed by atoms with van der Waals surface area (Å²) in [5.74, 6) is -1.63. The second-order valence-corrected chi connectivity index (χ2v) is 9.62. The van der Waals surface area contributed by atoms with E-state index in [1.165, 1.54) is 71.6 Å². The van der Waals surface area contributed by atoms with Crippen molar-refractivity contribution in [1.29, 1.82) is 0 Å². The van der Waals surface area contributed by atoms with Crippen molar-refractivity contribution in [3.63, 3.8) is 0 Å². The Balaban J connectivity index is 2.89. The van der Waals surface area contributed by atoms with Crippen LogP contribution in [0.1, 0.15) is 86.0 Å². The molecule has 9 nitrogen and oxygen atoms in total. The largest absolute Gasteiger partial charge is 0.463 e. The van der Waals surface area contributed by atoms with Gasteiger partial charge >= 0.3 is 23.9 Å². The molecule has 0 aromatic rings. The van der Waals surface area contributed by atoms with Gasteiger partial charge in [-0.3, -0.25) is 19.2 Å². The van der Waals surface area contributed by atoms with E-state index >= 15 is 0 Å². The maximum Gasteiger partial charge on any atom is 0.303 e. The van der Waals surface area contributed by atoms with Gasteiger partial charge in [-0.25, -0.2) is 0 Å². The van der Waals surface area contributed by atoms with Crippen LogP contribution in [0.2, 0.25) is 0 Å². The lowest BCUT2D eigenvalue weighted by molar-refractivity contribution is -0.237. The highest BCUT2D eigenvalue weighted by Crippen LogP contribution is 2.34. The maximum absolute atomic E-state index is 11.8. The Morgan fingerprint density at radius 2 is 1.18 bits per heavy atom. The lowest BCUT2D eigenvalue weighted by atomic mass is 9.99. The Bertz CT molecular complexity index is 654. The molecule has 0 N–H and O–H groups in total. The average Bonchev–Trinajstić information content (AvgIpc) is 2.74. The van der Waals surface area contributed by atoms with Crippen molar-refractivity contribution in [2.75, 3.05) is 12.4 Å². The van der Waals surface area contributed by atoms with E-state index in [0.29, 0.717) is 0 Å². The highest BCUT2D eigenvalue weighted by Gasteiger charge is 2.52. The van der Waals surface area contributed by atoms with Crippen molar-refractivity contribution in [2.24, 2.45) is 0 Å². The number of unbranched alkanes of at least 4 members (excludes halogenated alkanes) is 7. The Hall–Kier alpha value is -1.81. The fourth-order valence-corrected chi connectivity index (χ4v) is 4.98. The molecule has 5 atom stereocenters. The van der Waals surface area contributed by atoms with Crippen molar-refractivity contribution in [1.82, 2.24) is 0 Å². The monoisotopic (exact) mass is 504 g/mol. The molecule has 1 heterocycles. The first kappa shape index (κ1) is 30.2. The summed E-state index contributed by atoms with van der Waals surface area (Å²) < 4.78 is 27.5. The summed E-state index contributed by atoms with van der Waals surface area (Å²) in [5, 5.41) is 0. The van der Waals surface area contributed by atoms with Gasteiger partial charge < -0.3 is 23.7 Å². The number of carbonyl (C=O) groups is 4. The first-order valence-electron chi connectivity index (χ1n) is 12.1. The van der Waals surface area contributed by atoms with Gasteiger partial charge in [-0.05, 0) is 12.2 Å². The highest BCUT2D eigenvalue weighted by molar-refractivity contribution is 7.99. The van der Waals surface area contributed by atoms with E-state index < -0.39 is 53.7 Å². The number of thioether (sulfide) groups is 1. The molecule has 0 aromatic heterocycles. The number of ether oxygens (including phenoxy) is 5. The van der Waals surface area contributed by atoms with Crippen molar-refractivity contribution in [3.05, 3.63) is 0 Å². The molecule has 0 aromatic carbocycles. The van der Waals surface area contributed by atoms with Crippen LogP contribution in [0.5, 0.6) is 0 Å². The average molecular weight is 505 g/mol. The van der Waals surface area contributed by atoms with Crippen LogP contribution in [-0.2, 0) is 42.9 Å². The van der Waals surface area contributed by atoms with E-state index in [9.17, 15) is 19.2 Å². The molecule has 34 heavy (non-hydrogen) atoms. The fraction of sp³-hybridized carbons (Fsp3) is 0.833. The van der Waals surface area contributed by atoms with Gasteiger partial charge in [0.05, 0.1) is 0 Å². The van der Waals surface area contributed by atoms with E-state index in [0.717, 1.165) is 25.0 Å². The molecule has 1 saturated heterocycles. The van der Waals surface area contributed by atoms with Crippen LogP contribution < -0.4 is 0 Å². The van der Waals surface area contributed by atoms with Gasteiger partial charge in [0.2, 0.25) is 0 Å². The Kier molecular flexibility index (Phi) is 14.9. The molecule has 0 bridgehead atoms. The summed E-state index contributed by atoms with van der Waals surface area (Å²) in [6.45, 7) is 6.92. The van der Waals surface area contributed by atoms with Crippen LogP contribution in [-0.4, -0.2) is 66.1 Å². The van der Waals surface area contributed by atoms with E-state index in [1.54, 1.807) is 0 Å². The molecule has 1 aliphatic rings. The molecule has 0 unspecified atom stereocenters. The Morgan fingerprint density at radius 3 is 1.71 bits per heavy atom. The zero-order valence-electron chi connectivity index (χ0n) is 21.0. The van der Waals surface area contributed by atoms with Crippen molar-refractivity contribution in [3.8, 4) is 0 Å². The first-order valence-corrected chi connectivity index (χ1v) is 13.1. The van der Waals surface area contributed by atoms with Crippen LogP contribution in [0.3, 0.4) is 0 Å². The molecular weight excluding hydrogens is 464 g/mol. The lowest BCUT2D eigenvalue weighted by Crippen LogP contribution is -2.61. The van der Waals surface area contributed by atoms with E-state index in [1.807, 2.05) is 0 Å². The quantitative estimate of drug-likeness (QED) is 0.184. The summed E-state index contributed by atoms with van der Waals surface area (Å²) in [7, 11) is 0. The normalized spacial score (nSPS) is 24.2. The van der Waals surface area contributed by atoms with Crippen molar-refractivity contribution < 1.29 is 42.9 Å². The molecule has 0 aliphatic carbocycles. The van der Waals surface area contributed by atoms with Gasteiger partial charge in [0.15, 0.2) is 18.3 Å². The number of hydrogen-bond acceptors (Lipinski definition) is 10.